The fourth-order valence-electron chi connectivity index (χ4n) is 2.76. The van der Waals surface area contributed by atoms with Crippen molar-refractivity contribution < 1.29 is 18.0 Å². The zero-order valence-electron chi connectivity index (χ0n) is 12.3. The molecule has 0 saturated carbocycles. The molecule has 0 spiro atoms. The van der Waals surface area contributed by atoms with Gasteiger partial charge in [0.15, 0.2) is 5.69 Å². The quantitative estimate of drug-likeness (QED) is 0.857. The Kier molecular flexibility index (Phi) is 4.43. The molecule has 8 heteroatoms. The number of hydrogen-bond donors (Lipinski definition) is 0. The highest BCUT2D eigenvalue weighted by molar-refractivity contribution is 7.10. The van der Waals surface area contributed by atoms with Gasteiger partial charge in [0.1, 0.15) is 0 Å². The molecule has 1 saturated heterocycles. The van der Waals surface area contributed by atoms with Crippen LogP contribution in [0.15, 0.2) is 29.8 Å². The number of amides is 1. The van der Waals surface area contributed by atoms with Crippen LogP contribution in [0.25, 0.3) is 0 Å². The van der Waals surface area contributed by atoms with Crippen molar-refractivity contribution in [3.8, 4) is 0 Å². The van der Waals surface area contributed by atoms with E-state index in [2.05, 4.69) is 5.10 Å². The summed E-state index contributed by atoms with van der Waals surface area (Å²) in [6, 6.07) is 4.58. The monoisotopic (exact) mass is 343 g/mol. The predicted molar refractivity (Wildman–Crippen MR) is 80.1 cm³/mol. The van der Waals surface area contributed by atoms with Crippen molar-refractivity contribution in [1.82, 2.24) is 14.7 Å². The molecule has 23 heavy (non-hydrogen) atoms. The van der Waals surface area contributed by atoms with E-state index in [0.29, 0.717) is 19.5 Å². The van der Waals surface area contributed by atoms with E-state index in [-0.39, 0.29) is 11.9 Å². The second kappa shape index (κ2) is 6.35. The number of nitrogens with zero attached hydrogens (tertiary/aromatic N) is 3. The lowest BCUT2D eigenvalue weighted by Gasteiger charge is -2.33. The number of likely N-dealkylation sites (tertiary alicyclic amines) is 1. The van der Waals surface area contributed by atoms with Crippen LogP contribution in [0.5, 0.6) is 0 Å². The van der Waals surface area contributed by atoms with Crippen LogP contribution in [0.1, 0.15) is 29.5 Å². The maximum Gasteiger partial charge on any atom is 0.435 e. The maximum atomic E-state index is 12.6. The van der Waals surface area contributed by atoms with E-state index in [1.165, 1.54) is 22.2 Å². The molecule has 1 atom stereocenters. The molecule has 4 nitrogen and oxygen atoms in total. The van der Waals surface area contributed by atoms with Gasteiger partial charge < -0.3 is 4.90 Å². The standard InChI is InChI=1S/C15H16F3N3OS/c16-15(17,18)13-5-7-21(19-13)11-3-1-6-20(10-11)14(22)9-12-4-2-8-23-12/h2,4-5,7-8,11H,1,3,6,9-10H2/t11-/m0/s1. The van der Waals surface area contributed by atoms with Gasteiger partial charge in [0.25, 0.3) is 0 Å². The number of piperidine rings is 1. The first kappa shape index (κ1) is 16.0. The Labute approximate surface area is 135 Å². The first-order chi connectivity index (χ1) is 10.9. The molecule has 3 heterocycles. The summed E-state index contributed by atoms with van der Waals surface area (Å²) in [6.45, 7) is 1.05. The summed E-state index contributed by atoms with van der Waals surface area (Å²) < 4.78 is 39.3. The highest BCUT2D eigenvalue weighted by atomic mass is 32.1. The average molecular weight is 343 g/mol. The summed E-state index contributed by atoms with van der Waals surface area (Å²) in [5, 5.41) is 5.55. The lowest BCUT2D eigenvalue weighted by atomic mass is 10.1. The largest absolute Gasteiger partial charge is 0.435 e. The summed E-state index contributed by atoms with van der Waals surface area (Å²) >= 11 is 1.53. The molecule has 2 aromatic rings. The summed E-state index contributed by atoms with van der Waals surface area (Å²) in [5.41, 5.74) is -0.889. The fraction of sp³-hybridized carbons (Fsp3) is 0.467. The van der Waals surface area contributed by atoms with Gasteiger partial charge in [-0.05, 0) is 30.4 Å². The van der Waals surface area contributed by atoms with E-state index in [9.17, 15) is 18.0 Å². The zero-order chi connectivity index (χ0) is 16.4. The summed E-state index contributed by atoms with van der Waals surface area (Å²) in [4.78, 5) is 15.1. The summed E-state index contributed by atoms with van der Waals surface area (Å²) in [6.07, 6.45) is -1.25. The van der Waals surface area contributed by atoms with E-state index < -0.39 is 11.9 Å². The van der Waals surface area contributed by atoms with E-state index in [1.54, 1.807) is 4.90 Å². The molecule has 0 bridgehead atoms. The smallest absolute Gasteiger partial charge is 0.340 e. The average Bonchev–Trinajstić information content (AvgIpc) is 3.18. The van der Waals surface area contributed by atoms with Gasteiger partial charge in [0.05, 0.1) is 12.5 Å². The number of carbonyl (C=O) groups excluding carboxylic acids is 1. The molecule has 0 aromatic carbocycles. The maximum absolute atomic E-state index is 12.6. The van der Waals surface area contributed by atoms with Gasteiger partial charge in [0.2, 0.25) is 5.91 Å². The van der Waals surface area contributed by atoms with E-state index in [4.69, 9.17) is 0 Å². The van der Waals surface area contributed by atoms with Crippen LogP contribution in [0.2, 0.25) is 0 Å². The number of carbonyl (C=O) groups is 1. The molecule has 1 aliphatic rings. The lowest BCUT2D eigenvalue weighted by Crippen LogP contribution is -2.41. The van der Waals surface area contributed by atoms with Crippen molar-refractivity contribution in [2.75, 3.05) is 13.1 Å². The van der Waals surface area contributed by atoms with E-state index in [0.717, 1.165) is 23.8 Å². The Hall–Kier alpha value is -1.83. The van der Waals surface area contributed by atoms with Crippen molar-refractivity contribution in [1.29, 1.82) is 0 Å². The molecule has 1 aliphatic heterocycles. The van der Waals surface area contributed by atoms with Crippen molar-refractivity contribution in [2.24, 2.45) is 0 Å². The normalized spacial score (nSPS) is 19.1. The first-order valence-corrected chi connectivity index (χ1v) is 8.24. The second-order valence-corrected chi connectivity index (χ2v) is 6.60. The second-order valence-electron chi connectivity index (χ2n) is 5.57. The van der Waals surface area contributed by atoms with Gasteiger partial charge in [0, 0.05) is 24.2 Å². The molecular formula is C15H16F3N3OS. The fourth-order valence-corrected chi connectivity index (χ4v) is 3.46. The molecule has 0 radical (unpaired) electrons. The minimum Gasteiger partial charge on any atom is -0.340 e. The Morgan fingerprint density at radius 3 is 2.87 bits per heavy atom. The van der Waals surface area contributed by atoms with Crippen molar-refractivity contribution in [3.63, 3.8) is 0 Å². The highest BCUT2D eigenvalue weighted by Crippen LogP contribution is 2.29. The molecule has 0 unspecified atom stereocenters. The van der Waals surface area contributed by atoms with E-state index >= 15 is 0 Å². The molecule has 0 N–H and O–H groups in total. The van der Waals surface area contributed by atoms with Crippen LogP contribution in [-0.2, 0) is 17.4 Å². The first-order valence-electron chi connectivity index (χ1n) is 7.36. The summed E-state index contributed by atoms with van der Waals surface area (Å²) in [7, 11) is 0. The molecule has 2 aromatic heterocycles. The Bertz CT molecular complexity index is 666. The minimum atomic E-state index is -4.44. The molecule has 3 rings (SSSR count). The minimum absolute atomic E-state index is 0.0142. The van der Waals surface area contributed by atoms with Crippen molar-refractivity contribution in [3.05, 3.63) is 40.3 Å². The van der Waals surface area contributed by atoms with Crippen molar-refractivity contribution >= 4 is 17.2 Å². The predicted octanol–water partition coefficient (Wildman–Crippen LogP) is 3.37. The molecular weight excluding hydrogens is 327 g/mol. The lowest BCUT2D eigenvalue weighted by molar-refractivity contribution is -0.142. The van der Waals surface area contributed by atoms with Crippen LogP contribution in [-0.4, -0.2) is 33.7 Å². The number of hydrogen-bond acceptors (Lipinski definition) is 3. The Morgan fingerprint density at radius 1 is 1.39 bits per heavy atom. The van der Waals surface area contributed by atoms with Gasteiger partial charge in [-0.3, -0.25) is 9.48 Å². The third-order valence-electron chi connectivity index (χ3n) is 3.93. The Balaban J connectivity index is 1.66. The van der Waals surface area contributed by atoms with Gasteiger partial charge in [-0.2, -0.15) is 18.3 Å². The number of thiophene rings is 1. The SMILES string of the molecule is O=C(Cc1cccs1)N1CCC[C@H](n2ccc(C(F)(F)F)n2)C1. The van der Waals surface area contributed by atoms with Crippen LogP contribution in [0.3, 0.4) is 0 Å². The number of aromatic nitrogens is 2. The van der Waals surface area contributed by atoms with Crippen LogP contribution < -0.4 is 0 Å². The van der Waals surface area contributed by atoms with Crippen LogP contribution >= 0.6 is 11.3 Å². The van der Waals surface area contributed by atoms with Gasteiger partial charge >= 0.3 is 6.18 Å². The number of alkyl halides is 3. The highest BCUT2D eigenvalue weighted by Gasteiger charge is 2.34. The third-order valence-corrected chi connectivity index (χ3v) is 4.80. The topological polar surface area (TPSA) is 38.1 Å². The van der Waals surface area contributed by atoms with Gasteiger partial charge in [-0.15, -0.1) is 11.3 Å². The van der Waals surface area contributed by atoms with Crippen LogP contribution in [0, 0.1) is 0 Å². The third kappa shape index (κ3) is 3.74. The van der Waals surface area contributed by atoms with Crippen molar-refractivity contribution in [2.45, 2.75) is 31.5 Å². The molecule has 124 valence electrons. The van der Waals surface area contributed by atoms with Crippen LogP contribution in [0.4, 0.5) is 13.2 Å². The van der Waals surface area contributed by atoms with Gasteiger partial charge in [-0.25, -0.2) is 0 Å². The molecule has 1 fully saturated rings. The number of halogens is 3. The van der Waals surface area contributed by atoms with E-state index in [1.807, 2.05) is 17.5 Å². The Morgan fingerprint density at radius 2 is 2.22 bits per heavy atom. The molecule has 0 aliphatic carbocycles. The van der Waals surface area contributed by atoms with Gasteiger partial charge in [-0.1, -0.05) is 6.07 Å². The zero-order valence-corrected chi connectivity index (χ0v) is 13.1. The number of rotatable bonds is 3. The molecule has 1 amide bonds. The summed E-state index contributed by atoms with van der Waals surface area (Å²) in [5.74, 6) is 0.0142.